The van der Waals surface area contributed by atoms with Crippen molar-refractivity contribution in [2.45, 2.75) is 40.0 Å². The maximum Gasteiger partial charge on any atom is 0.191 e. The van der Waals surface area contributed by atoms with Gasteiger partial charge in [-0.3, -0.25) is 4.99 Å². The molecule has 0 spiro atoms. The lowest BCUT2D eigenvalue weighted by Gasteiger charge is -2.11. The second-order valence-electron chi connectivity index (χ2n) is 6.54. The van der Waals surface area contributed by atoms with E-state index in [1.165, 1.54) is 32.0 Å². The number of benzene rings is 1. The fourth-order valence-corrected chi connectivity index (χ4v) is 4.05. The third kappa shape index (κ3) is 5.10. The Morgan fingerprint density at radius 3 is 2.81 bits per heavy atom. The molecule has 0 fully saturated rings. The van der Waals surface area contributed by atoms with Gasteiger partial charge in [0.15, 0.2) is 5.96 Å². The van der Waals surface area contributed by atoms with Gasteiger partial charge in [0, 0.05) is 53.7 Å². The van der Waals surface area contributed by atoms with Crippen LogP contribution in [0, 0.1) is 6.92 Å². The van der Waals surface area contributed by atoms with Crippen LogP contribution in [-0.4, -0.2) is 35.6 Å². The molecule has 5 nitrogen and oxygen atoms in total. The number of hydrogen-bond acceptors (Lipinski definition) is 3. The zero-order chi connectivity index (χ0) is 19.1. The van der Waals surface area contributed by atoms with Gasteiger partial charge in [-0.15, -0.1) is 11.3 Å². The van der Waals surface area contributed by atoms with Gasteiger partial charge in [0.25, 0.3) is 0 Å². The smallest absolute Gasteiger partial charge is 0.191 e. The Bertz CT molecular complexity index is 893. The lowest BCUT2D eigenvalue weighted by atomic mass is 10.1. The third-order valence-corrected chi connectivity index (χ3v) is 5.79. The molecule has 0 saturated carbocycles. The summed E-state index contributed by atoms with van der Waals surface area (Å²) in [7, 11) is 0. The number of aromatic amines is 1. The number of H-pyrrole nitrogens is 1. The van der Waals surface area contributed by atoms with E-state index in [1.54, 1.807) is 11.3 Å². The molecule has 27 heavy (non-hydrogen) atoms. The van der Waals surface area contributed by atoms with Gasteiger partial charge in [-0.05, 0) is 38.3 Å². The molecule has 0 radical (unpaired) electrons. The van der Waals surface area contributed by atoms with Crippen LogP contribution in [0.2, 0.25) is 0 Å². The Kier molecular flexibility index (Phi) is 6.87. The first-order valence-corrected chi connectivity index (χ1v) is 10.5. The molecule has 0 aliphatic carbocycles. The molecule has 2 heterocycles. The topological polar surface area (TPSA) is 65.1 Å². The predicted molar refractivity (Wildman–Crippen MR) is 116 cm³/mol. The second-order valence-corrected chi connectivity index (χ2v) is 7.74. The fraction of sp³-hybridized carbons (Fsp3) is 0.429. The van der Waals surface area contributed by atoms with E-state index in [4.69, 9.17) is 4.99 Å². The summed E-state index contributed by atoms with van der Waals surface area (Å²) in [5.74, 6) is 0.877. The molecule has 0 aliphatic heterocycles. The number of fused-ring (bicyclic) bond motifs is 1. The molecule has 144 valence electrons. The van der Waals surface area contributed by atoms with Gasteiger partial charge >= 0.3 is 0 Å². The molecule has 0 atom stereocenters. The van der Waals surface area contributed by atoms with Crippen molar-refractivity contribution in [3.63, 3.8) is 0 Å². The molecular weight excluding hydrogens is 354 g/mol. The highest BCUT2D eigenvalue weighted by atomic mass is 32.1. The van der Waals surface area contributed by atoms with E-state index in [2.05, 4.69) is 65.6 Å². The van der Waals surface area contributed by atoms with Crippen LogP contribution in [0.3, 0.4) is 0 Å². The largest absolute Gasteiger partial charge is 0.358 e. The van der Waals surface area contributed by atoms with Crippen molar-refractivity contribution in [1.82, 2.24) is 20.6 Å². The molecule has 3 N–H and O–H groups in total. The van der Waals surface area contributed by atoms with Crippen molar-refractivity contribution in [2.75, 3.05) is 19.6 Å². The van der Waals surface area contributed by atoms with Crippen molar-refractivity contribution in [3.05, 3.63) is 51.6 Å². The Hall–Kier alpha value is -2.34. The van der Waals surface area contributed by atoms with Crippen molar-refractivity contribution in [1.29, 1.82) is 0 Å². The standard InChI is InChI=1S/C21H29N5S/c1-4-16-14-25-20(27-16)11-13-24-21(22-5-2)23-12-10-17-15(3)26-19-9-7-6-8-18(17)19/h6-9,14,26H,4-5,10-13H2,1-3H3,(H2,22,23,24). The van der Waals surface area contributed by atoms with Crippen LogP contribution in [0.5, 0.6) is 0 Å². The minimum atomic E-state index is 0.748. The second kappa shape index (κ2) is 9.55. The Morgan fingerprint density at radius 2 is 2.04 bits per heavy atom. The molecule has 3 rings (SSSR count). The van der Waals surface area contributed by atoms with Crippen LogP contribution >= 0.6 is 11.3 Å². The molecule has 0 aliphatic rings. The molecule has 0 unspecified atom stereocenters. The molecular formula is C21H29N5S. The lowest BCUT2D eigenvalue weighted by molar-refractivity contribution is 0.796. The molecule has 0 bridgehead atoms. The van der Waals surface area contributed by atoms with Gasteiger partial charge in [-0.2, -0.15) is 0 Å². The first-order valence-electron chi connectivity index (χ1n) is 9.73. The summed E-state index contributed by atoms with van der Waals surface area (Å²) in [6, 6.07) is 8.49. The SMILES string of the molecule is CCNC(=NCCc1ncc(CC)s1)NCCc1c(C)[nH]c2ccccc12. The number of thiazole rings is 1. The Morgan fingerprint density at radius 1 is 1.19 bits per heavy atom. The summed E-state index contributed by atoms with van der Waals surface area (Å²) in [5.41, 5.74) is 3.83. The highest BCUT2D eigenvalue weighted by molar-refractivity contribution is 7.11. The monoisotopic (exact) mass is 383 g/mol. The van der Waals surface area contributed by atoms with Gasteiger partial charge in [0.1, 0.15) is 0 Å². The van der Waals surface area contributed by atoms with Crippen molar-refractivity contribution in [3.8, 4) is 0 Å². The van der Waals surface area contributed by atoms with Gasteiger partial charge in [-0.25, -0.2) is 4.98 Å². The number of guanidine groups is 1. The number of nitrogens with one attached hydrogen (secondary N) is 3. The minimum Gasteiger partial charge on any atom is -0.358 e. The number of nitrogens with zero attached hydrogens (tertiary/aromatic N) is 2. The van der Waals surface area contributed by atoms with Crippen LogP contribution in [0.15, 0.2) is 35.5 Å². The first kappa shape index (κ1) is 19.4. The number of hydrogen-bond donors (Lipinski definition) is 3. The van der Waals surface area contributed by atoms with Gasteiger partial charge in [0.05, 0.1) is 5.01 Å². The van der Waals surface area contributed by atoms with Crippen LogP contribution in [-0.2, 0) is 19.3 Å². The van der Waals surface area contributed by atoms with E-state index >= 15 is 0 Å². The van der Waals surface area contributed by atoms with Crippen LogP contribution in [0.25, 0.3) is 10.9 Å². The number of aryl methyl sites for hydroxylation is 2. The number of para-hydroxylation sites is 1. The Balaban J connectivity index is 1.55. The number of rotatable bonds is 8. The molecule has 0 saturated heterocycles. The van der Waals surface area contributed by atoms with Crippen LogP contribution in [0.1, 0.15) is 35.0 Å². The van der Waals surface area contributed by atoms with Crippen LogP contribution < -0.4 is 10.6 Å². The summed E-state index contributed by atoms with van der Waals surface area (Å²) in [4.78, 5) is 14.0. The van der Waals surface area contributed by atoms with E-state index in [-0.39, 0.29) is 0 Å². The highest BCUT2D eigenvalue weighted by Gasteiger charge is 2.08. The quantitative estimate of drug-likeness (QED) is 0.409. The van der Waals surface area contributed by atoms with E-state index in [9.17, 15) is 0 Å². The molecule has 6 heteroatoms. The third-order valence-electron chi connectivity index (χ3n) is 4.58. The summed E-state index contributed by atoms with van der Waals surface area (Å²) >= 11 is 1.79. The van der Waals surface area contributed by atoms with E-state index in [0.29, 0.717) is 0 Å². The average Bonchev–Trinajstić information content (AvgIpc) is 3.26. The highest BCUT2D eigenvalue weighted by Crippen LogP contribution is 2.21. The maximum atomic E-state index is 4.70. The van der Waals surface area contributed by atoms with E-state index in [0.717, 1.165) is 44.9 Å². The summed E-state index contributed by atoms with van der Waals surface area (Å²) in [5, 5.41) is 9.27. The van der Waals surface area contributed by atoms with Gasteiger partial charge < -0.3 is 15.6 Å². The molecule has 3 aromatic rings. The summed E-state index contributed by atoms with van der Waals surface area (Å²) < 4.78 is 0. The van der Waals surface area contributed by atoms with Crippen molar-refractivity contribution in [2.24, 2.45) is 4.99 Å². The number of aliphatic imine (C=N–C) groups is 1. The lowest BCUT2D eigenvalue weighted by Crippen LogP contribution is -2.38. The predicted octanol–water partition coefficient (Wildman–Crippen LogP) is 3.84. The van der Waals surface area contributed by atoms with E-state index in [1.807, 2.05) is 6.20 Å². The zero-order valence-electron chi connectivity index (χ0n) is 16.4. The average molecular weight is 384 g/mol. The van der Waals surface area contributed by atoms with Gasteiger partial charge in [0.2, 0.25) is 0 Å². The van der Waals surface area contributed by atoms with Crippen LogP contribution in [0.4, 0.5) is 0 Å². The normalized spacial score (nSPS) is 11.9. The maximum absolute atomic E-state index is 4.70. The molecule has 1 aromatic carbocycles. The fourth-order valence-electron chi connectivity index (χ4n) is 3.19. The Labute approximate surface area is 165 Å². The van der Waals surface area contributed by atoms with Gasteiger partial charge in [-0.1, -0.05) is 25.1 Å². The zero-order valence-corrected chi connectivity index (χ0v) is 17.2. The molecule has 2 aromatic heterocycles. The summed E-state index contributed by atoms with van der Waals surface area (Å²) in [6.45, 7) is 8.86. The van der Waals surface area contributed by atoms with E-state index < -0.39 is 0 Å². The summed E-state index contributed by atoms with van der Waals surface area (Å²) in [6.07, 6.45) is 4.89. The van der Waals surface area contributed by atoms with Crippen molar-refractivity contribution >= 4 is 28.2 Å². The van der Waals surface area contributed by atoms with Crippen molar-refractivity contribution < 1.29 is 0 Å². The molecule has 0 amide bonds. The minimum absolute atomic E-state index is 0.748. The first-order chi connectivity index (χ1) is 13.2. The number of aromatic nitrogens is 2.